The lowest BCUT2D eigenvalue weighted by atomic mass is 9.97. The first-order chi connectivity index (χ1) is 6.20. The number of ketones is 1. The van der Waals surface area contributed by atoms with E-state index in [1.54, 1.807) is 6.08 Å². The van der Waals surface area contributed by atoms with Gasteiger partial charge in [-0.25, -0.2) is 0 Å². The molecule has 0 spiro atoms. The smallest absolute Gasteiger partial charge is 0.316 e. The predicted octanol–water partition coefficient (Wildman–Crippen LogP) is 1.33. The van der Waals surface area contributed by atoms with Crippen LogP contribution in [-0.4, -0.2) is 18.9 Å². The Hall–Kier alpha value is -1.12. The van der Waals surface area contributed by atoms with Gasteiger partial charge in [-0.3, -0.25) is 9.59 Å². The number of methoxy groups -OCH3 is 1. The van der Waals surface area contributed by atoms with Crippen molar-refractivity contribution in [1.82, 2.24) is 0 Å². The number of hydrogen-bond acceptors (Lipinski definition) is 3. The third-order valence-corrected chi connectivity index (χ3v) is 2.21. The lowest BCUT2D eigenvalue weighted by molar-refractivity contribution is -0.149. The fourth-order valence-electron chi connectivity index (χ4n) is 1.29. The zero-order valence-electron chi connectivity index (χ0n) is 7.79. The lowest BCUT2D eigenvalue weighted by Crippen LogP contribution is -2.26. The minimum atomic E-state index is -0.616. The van der Waals surface area contributed by atoms with E-state index in [-0.39, 0.29) is 11.7 Å². The van der Waals surface area contributed by atoms with Gasteiger partial charge in [-0.15, -0.1) is 6.58 Å². The fraction of sp³-hybridized carbons (Fsp3) is 0.600. The largest absolute Gasteiger partial charge is 0.468 e. The molecule has 1 aliphatic rings. The Morgan fingerprint density at radius 3 is 2.62 bits per heavy atom. The maximum atomic E-state index is 11.5. The third-order valence-electron chi connectivity index (χ3n) is 2.21. The molecular formula is C10H14O3. The maximum absolute atomic E-state index is 11.5. The van der Waals surface area contributed by atoms with E-state index in [1.165, 1.54) is 7.11 Å². The molecule has 0 aromatic rings. The highest BCUT2D eigenvalue weighted by molar-refractivity contribution is 6.01. The number of Topliss-reactive ketones (excluding diaryl/α,β-unsaturated/α-hetero) is 1. The molecule has 1 fully saturated rings. The van der Waals surface area contributed by atoms with Gasteiger partial charge in [-0.05, 0) is 19.3 Å². The summed E-state index contributed by atoms with van der Waals surface area (Å²) in [5.41, 5.74) is 0. The van der Waals surface area contributed by atoms with Crippen molar-refractivity contribution in [2.45, 2.75) is 19.3 Å². The van der Waals surface area contributed by atoms with Crippen LogP contribution in [0.15, 0.2) is 12.7 Å². The summed E-state index contributed by atoms with van der Waals surface area (Å²) in [5, 5.41) is 0. The molecule has 0 amide bonds. The van der Waals surface area contributed by atoms with E-state index in [1.807, 2.05) is 0 Å². The average molecular weight is 182 g/mol. The first kappa shape index (κ1) is 9.96. The van der Waals surface area contributed by atoms with Crippen LogP contribution >= 0.6 is 0 Å². The van der Waals surface area contributed by atoms with Crippen molar-refractivity contribution in [3.63, 3.8) is 0 Å². The molecule has 1 rings (SSSR count). The van der Waals surface area contributed by atoms with Gasteiger partial charge in [0.2, 0.25) is 0 Å². The molecule has 1 unspecified atom stereocenters. The summed E-state index contributed by atoms with van der Waals surface area (Å²) in [6.45, 7) is 3.52. The first-order valence-electron chi connectivity index (χ1n) is 4.43. The van der Waals surface area contributed by atoms with Crippen molar-refractivity contribution in [3.8, 4) is 0 Å². The molecule has 0 aromatic heterocycles. The van der Waals surface area contributed by atoms with Crippen molar-refractivity contribution in [2.75, 3.05) is 7.11 Å². The molecule has 3 nitrogen and oxygen atoms in total. The Morgan fingerprint density at radius 2 is 2.23 bits per heavy atom. The van der Waals surface area contributed by atoms with E-state index >= 15 is 0 Å². The van der Waals surface area contributed by atoms with Gasteiger partial charge in [0.1, 0.15) is 11.7 Å². The number of allylic oxidation sites excluding steroid dienone is 1. The van der Waals surface area contributed by atoms with Crippen molar-refractivity contribution in [2.24, 2.45) is 11.8 Å². The number of esters is 1. The van der Waals surface area contributed by atoms with Gasteiger partial charge in [0.25, 0.3) is 0 Å². The summed E-state index contributed by atoms with van der Waals surface area (Å²) in [6, 6.07) is 0. The summed E-state index contributed by atoms with van der Waals surface area (Å²) in [5.74, 6) is -0.928. The molecule has 0 saturated heterocycles. The second kappa shape index (κ2) is 4.21. The summed E-state index contributed by atoms with van der Waals surface area (Å²) < 4.78 is 4.56. The quantitative estimate of drug-likeness (QED) is 0.366. The Bertz CT molecular complexity index is 228. The molecule has 0 radical (unpaired) electrons. The Morgan fingerprint density at radius 1 is 1.62 bits per heavy atom. The van der Waals surface area contributed by atoms with Crippen LogP contribution in [-0.2, 0) is 14.3 Å². The van der Waals surface area contributed by atoms with Crippen LogP contribution in [0.2, 0.25) is 0 Å². The topological polar surface area (TPSA) is 43.4 Å². The lowest BCUT2D eigenvalue weighted by Gasteiger charge is -2.10. The molecule has 0 N–H and O–H groups in total. The van der Waals surface area contributed by atoms with Gasteiger partial charge in [0.05, 0.1) is 7.11 Å². The molecule has 3 heteroatoms. The van der Waals surface area contributed by atoms with Crippen LogP contribution in [0.5, 0.6) is 0 Å². The van der Waals surface area contributed by atoms with Crippen LogP contribution in [0.3, 0.4) is 0 Å². The zero-order valence-corrected chi connectivity index (χ0v) is 7.79. The van der Waals surface area contributed by atoms with Crippen LogP contribution < -0.4 is 0 Å². The predicted molar refractivity (Wildman–Crippen MR) is 48.1 cm³/mol. The van der Waals surface area contributed by atoms with Crippen LogP contribution in [0.4, 0.5) is 0 Å². The monoisotopic (exact) mass is 182 g/mol. The van der Waals surface area contributed by atoms with Gasteiger partial charge < -0.3 is 4.74 Å². The fourth-order valence-corrected chi connectivity index (χ4v) is 1.29. The van der Waals surface area contributed by atoms with E-state index in [2.05, 4.69) is 11.3 Å². The Labute approximate surface area is 77.8 Å². The Balaban J connectivity index is 2.59. The summed E-state index contributed by atoms with van der Waals surface area (Å²) in [4.78, 5) is 22.7. The molecule has 0 aromatic carbocycles. The Kier molecular flexibility index (Phi) is 3.23. The number of rotatable bonds is 5. The van der Waals surface area contributed by atoms with Gasteiger partial charge in [-0.1, -0.05) is 6.08 Å². The number of ether oxygens (including phenoxy) is 1. The number of carbonyl (C=O) groups is 2. The van der Waals surface area contributed by atoms with Gasteiger partial charge in [0.15, 0.2) is 0 Å². The molecule has 0 heterocycles. The molecule has 1 aliphatic carbocycles. The third kappa shape index (κ3) is 2.41. The normalized spacial score (nSPS) is 17.6. The molecule has 72 valence electrons. The molecule has 0 aliphatic heterocycles. The zero-order chi connectivity index (χ0) is 9.84. The molecule has 1 saturated carbocycles. The second-order valence-electron chi connectivity index (χ2n) is 3.28. The SMILES string of the molecule is C=CCC(C(=O)OC)C(=O)C1CC1. The van der Waals surface area contributed by atoms with Crippen LogP contribution in [0, 0.1) is 11.8 Å². The molecule has 13 heavy (non-hydrogen) atoms. The minimum Gasteiger partial charge on any atom is -0.468 e. The second-order valence-corrected chi connectivity index (χ2v) is 3.28. The molecule has 1 atom stereocenters. The van der Waals surface area contributed by atoms with Crippen LogP contribution in [0.1, 0.15) is 19.3 Å². The van der Waals surface area contributed by atoms with Gasteiger partial charge in [0, 0.05) is 5.92 Å². The maximum Gasteiger partial charge on any atom is 0.316 e. The van der Waals surface area contributed by atoms with Crippen molar-refractivity contribution in [3.05, 3.63) is 12.7 Å². The van der Waals surface area contributed by atoms with Gasteiger partial charge >= 0.3 is 5.97 Å². The minimum absolute atomic E-state index is 0.0201. The van der Waals surface area contributed by atoms with E-state index < -0.39 is 11.9 Å². The van der Waals surface area contributed by atoms with Crippen molar-refractivity contribution < 1.29 is 14.3 Å². The summed E-state index contributed by atoms with van der Waals surface area (Å²) >= 11 is 0. The van der Waals surface area contributed by atoms with Crippen LogP contribution in [0.25, 0.3) is 0 Å². The molecule has 0 bridgehead atoms. The van der Waals surface area contributed by atoms with E-state index in [9.17, 15) is 9.59 Å². The summed E-state index contributed by atoms with van der Waals surface area (Å²) in [6.07, 6.45) is 3.82. The highest BCUT2D eigenvalue weighted by Crippen LogP contribution is 2.33. The standard InChI is InChI=1S/C10H14O3/c1-3-4-8(10(12)13-2)9(11)7-5-6-7/h3,7-8H,1,4-6H2,2H3. The van der Waals surface area contributed by atoms with Crippen molar-refractivity contribution in [1.29, 1.82) is 0 Å². The van der Waals surface area contributed by atoms with E-state index in [0.29, 0.717) is 6.42 Å². The number of hydrogen-bond donors (Lipinski definition) is 0. The van der Waals surface area contributed by atoms with Gasteiger partial charge in [-0.2, -0.15) is 0 Å². The summed E-state index contributed by atoms with van der Waals surface area (Å²) in [7, 11) is 1.30. The van der Waals surface area contributed by atoms with Crippen molar-refractivity contribution >= 4 is 11.8 Å². The molecular weight excluding hydrogens is 168 g/mol. The first-order valence-corrected chi connectivity index (χ1v) is 4.43. The van der Waals surface area contributed by atoms with E-state index in [4.69, 9.17) is 0 Å². The average Bonchev–Trinajstić information content (AvgIpc) is 2.95. The van der Waals surface area contributed by atoms with E-state index in [0.717, 1.165) is 12.8 Å². The highest BCUT2D eigenvalue weighted by Gasteiger charge is 2.37. The highest BCUT2D eigenvalue weighted by atomic mass is 16.5. The number of carbonyl (C=O) groups excluding carboxylic acids is 2.